The van der Waals surface area contributed by atoms with Crippen LogP contribution in [0.1, 0.15) is 27.7 Å². The molecule has 17 heteroatoms. The minimum Gasteiger partial charge on any atom is -0.534 e. The summed E-state index contributed by atoms with van der Waals surface area (Å²) >= 11 is 1.03. The van der Waals surface area contributed by atoms with Crippen LogP contribution >= 0.6 is 11.3 Å². The van der Waals surface area contributed by atoms with Crippen molar-refractivity contribution in [3.05, 3.63) is 40.4 Å². The number of aromatic carboxylic acids is 1. The Morgan fingerprint density at radius 2 is 2.05 bits per heavy atom. The Hall–Kier alpha value is -3.77. The van der Waals surface area contributed by atoms with Crippen LogP contribution < -0.4 is 21.0 Å². The van der Waals surface area contributed by atoms with Crippen molar-refractivity contribution >= 4 is 47.3 Å². The summed E-state index contributed by atoms with van der Waals surface area (Å²) in [7, 11) is -1.59. The van der Waals surface area contributed by atoms with Crippen LogP contribution in [-0.4, -0.2) is 104 Å². The van der Waals surface area contributed by atoms with Gasteiger partial charge >= 0.3 is 24.9 Å². The molecule has 1 fully saturated rings. The number of anilines is 1. The minimum atomic E-state index is -1.77. The summed E-state index contributed by atoms with van der Waals surface area (Å²) in [5.41, 5.74) is 6.14. The Morgan fingerprint density at radius 3 is 2.71 bits per heavy atom. The summed E-state index contributed by atoms with van der Waals surface area (Å²) < 4.78 is 5.40. The smallest absolute Gasteiger partial charge is 0.534 e. The lowest BCUT2D eigenvalue weighted by Gasteiger charge is -2.37. The molecule has 2 aliphatic rings. The van der Waals surface area contributed by atoms with E-state index in [9.17, 15) is 34.4 Å². The van der Waals surface area contributed by atoms with Gasteiger partial charge in [-0.25, -0.2) is 9.78 Å². The lowest BCUT2D eigenvalue weighted by Crippen LogP contribution is -2.62. The zero-order chi connectivity index (χ0) is 27.6. The van der Waals surface area contributed by atoms with Crippen LogP contribution in [0.25, 0.3) is 0 Å². The number of aliphatic hydroxyl groups is 2. The summed E-state index contributed by atoms with van der Waals surface area (Å²) in [6, 6.07) is 3.08. The van der Waals surface area contributed by atoms with Crippen LogP contribution in [0.2, 0.25) is 0 Å². The van der Waals surface area contributed by atoms with Gasteiger partial charge in [0.25, 0.3) is 0 Å². The number of carboxylic acids is 1. The van der Waals surface area contributed by atoms with Crippen molar-refractivity contribution in [2.45, 2.75) is 24.8 Å². The van der Waals surface area contributed by atoms with E-state index in [2.05, 4.69) is 15.6 Å². The van der Waals surface area contributed by atoms with Gasteiger partial charge in [0.2, 0.25) is 5.91 Å². The average Bonchev–Trinajstić information content (AvgIpc) is 3.31. The van der Waals surface area contributed by atoms with E-state index in [4.69, 9.17) is 15.5 Å². The Morgan fingerprint density at radius 1 is 1.29 bits per heavy atom. The van der Waals surface area contributed by atoms with Crippen LogP contribution in [-0.2, 0) is 20.8 Å². The number of rotatable bonds is 9. The fourth-order valence-corrected chi connectivity index (χ4v) is 4.80. The number of nitrogens with zero attached hydrogens (tertiary/aromatic N) is 3. The van der Waals surface area contributed by atoms with Gasteiger partial charge in [0.15, 0.2) is 11.5 Å². The first kappa shape index (κ1) is 27.3. The van der Waals surface area contributed by atoms with Crippen molar-refractivity contribution in [3.8, 4) is 5.75 Å². The van der Waals surface area contributed by atoms with Gasteiger partial charge in [-0.05, 0) is 18.1 Å². The van der Waals surface area contributed by atoms with Crippen LogP contribution in [0, 0.1) is 0 Å². The van der Waals surface area contributed by atoms with Gasteiger partial charge in [0, 0.05) is 25.0 Å². The topological polar surface area (TPSA) is 228 Å². The molecule has 38 heavy (non-hydrogen) atoms. The van der Waals surface area contributed by atoms with Gasteiger partial charge in [-0.15, -0.1) is 11.3 Å². The molecule has 3 heterocycles. The molecule has 3 atom stereocenters. The molecular formula is C21H25BN6O9S. The van der Waals surface area contributed by atoms with E-state index in [-0.39, 0.29) is 54.8 Å². The number of aromatic nitrogens is 1. The molecule has 202 valence electrons. The zero-order valence-electron chi connectivity index (χ0n) is 19.8. The first-order chi connectivity index (χ1) is 18.1. The maximum Gasteiger partial charge on any atom is 0.547 e. The van der Waals surface area contributed by atoms with Gasteiger partial charge in [-0.2, -0.15) is 0 Å². The average molecular weight is 548 g/mol. The van der Waals surface area contributed by atoms with E-state index >= 15 is 0 Å². The molecule has 0 aliphatic carbocycles. The highest BCUT2D eigenvalue weighted by Crippen LogP contribution is 2.30. The van der Waals surface area contributed by atoms with Crippen LogP contribution in [0.15, 0.2) is 23.6 Å². The van der Waals surface area contributed by atoms with Gasteiger partial charge in [0.05, 0.1) is 23.8 Å². The second kappa shape index (κ2) is 11.3. The molecule has 1 aromatic heterocycles. The molecule has 0 saturated carbocycles. The number of nitrogens with two attached hydrogens (primary N) is 1. The fraction of sp³-hybridized carbons (Fsp3) is 0.381. The summed E-state index contributed by atoms with van der Waals surface area (Å²) in [6.45, 7) is -0.363. The number of para-hydroxylation sites is 1. The highest BCUT2D eigenvalue weighted by molar-refractivity contribution is 7.13. The predicted octanol–water partition coefficient (Wildman–Crippen LogP) is -2.87. The maximum atomic E-state index is 13.3. The van der Waals surface area contributed by atoms with Crippen LogP contribution in [0.4, 0.5) is 5.13 Å². The molecule has 0 radical (unpaired) electrons. The first-order valence-corrected chi connectivity index (χ1v) is 12.3. The lowest BCUT2D eigenvalue weighted by atomic mass is 9.72. The number of thiazole rings is 1. The fourth-order valence-electron chi connectivity index (χ4n) is 4.21. The van der Waals surface area contributed by atoms with E-state index in [1.54, 1.807) is 6.07 Å². The number of nitrogens with one attached hydrogen (secondary N) is 2. The molecule has 2 aliphatic heterocycles. The number of piperazine rings is 1. The number of carboxylic acid groups (broad SMARTS) is 1. The number of aliphatic hydroxyl groups excluding tert-OH is 2. The first-order valence-electron chi connectivity index (χ1n) is 11.5. The van der Waals surface area contributed by atoms with E-state index in [1.165, 1.54) is 17.5 Å². The van der Waals surface area contributed by atoms with Gasteiger partial charge < -0.3 is 40.9 Å². The van der Waals surface area contributed by atoms with Crippen molar-refractivity contribution < 1.29 is 44.2 Å². The number of hydrogen-bond donors (Lipinski definition) is 7. The Balaban J connectivity index is 1.51. The third-order valence-corrected chi connectivity index (χ3v) is 6.79. The molecule has 1 saturated heterocycles. The van der Waals surface area contributed by atoms with E-state index in [0.29, 0.717) is 5.56 Å². The Kier molecular flexibility index (Phi) is 8.12. The number of nitrogen functional groups attached to an aromatic ring is 1. The molecule has 15 nitrogen and oxygen atoms in total. The third kappa shape index (κ3) is 5.56. The molecule has 3 amide bonds. The lowest BCUT2D eigenvalue weighted by molar-refractivity contribution is -0.166. The highest BCUT2D eigenvalue weighted by atomic mass is 32.1. The molecule has 0 spiro atoms. The Bertz CT molecular complexity index is 1250. The second-order valence-electron chi connectivity index (χ2n) is 8.52. The van der Waals surface area contributed by atoms with Gasteiger partial charge in [0.1, 0.15) is 11.8 Å². The molecule has 1 aromatic carbocycles. The zero-order valence-corrected chi connectivity index (χ0v) is 20.6. The normalized spacial score (nSPS) is 19.0. The van der Waals surface area contributed by atoms with Gasteiger partial charge in [-0.3, -0.25) is 24.6 Å². The Labute approximate surface area is 220 Å². The summed E-state index contributed by atoms with van der Waals surface area (Å²) in [5.74, 6) is -4.94. The van der Waals surface area contributed by atoms with Crippen LogP contribution in [0.5, 0.6) is 5.75 Å². The summed E-state index contributed by atoms with van der Waals surface area (Å²) in [5, 5.41) is 46.4. The molecule has 0 bridgehead atoms. The predicted molar refractivity (Wildman–Crippen MR) is 131 cm³/mol. The minimum absolute atomic E-state index is 0.00103. The second-order valence-corrected chi connectivity index (χ2v) is 9.41. The molecule has 2 unspecified atom stereocenters. The summed E-state index contributed by atoms with van der Waals surface area (Å²) in [4.78, 5) is 55.7. The number of β-amino-alcohol motifs (C(OH)–C–C–N with tert-alkyl or cyclic N) is 1. The maximum absolute atomic E-state index is 13.3. The molecular weight excluding hydrogens is 523 g/mol. The number of fused-ring (bicyclic) bond motifs is 1. The van der Waals surface area contributed by atoms with E-state index in [1.807, 2.05) is 0 Å². The van der Waals surface area contributed by atoms with Crippen molar-refractivity contribution in [1.82, 2.24) is 25.4 Å². The van der Waals surface area contributed by atoms with Crippen molar-refractivity contribution in [1.29, 1.82) is 0 Å². The van der Waals surface area contributed by atoms with Crippen molar-refractivity contribution in [2.75, 3.05) is 32.0 Å². The van der Waals surface area contributed by atoms with E-state index in [0.717, 1.165) is 21.1 Å². The molecule has 2 aromatic rings. The monoisotopic (exact) mass is 548 g/mol. The van der Waals surface area contributed by atoms with Crippen molar-refractivity contribution in [3.63, 3.8) is 0 Å². The summed E-state index contributed by atoms with van der Waals surface area (Å²) in [6.07, 6.45) is -1.73. The number of carbonyl (C=O) groups is 4. The molecule has 4 rings (SSSR count). The number of benzene rings is 1. The standard InChI is InChI=1S/C21H25BN6O9S/c23-20-24-12(9-38-20)14(26-21(35)28-5-4-27(6-7-29)17(31)18(28)32)16(30)25-13-8-10-2-1-3-11(19(33)34)15(10)37-22(13)36/h1-3,9,13-14,21,26,29,35-36H,4-8H2,(H2,23,24)(H,25,30)(H,33,34)/t13-,14?,21?/m0/s1. The number of amides is 3. The van der Waals surface area contributed by atoms with Crippen LogP contribution in [0.3, 0.4) is 0 Å². The van der Waals surface area contributed by atoms with Gasteiger partial charge in [-0.1, -0.05) is 12.1 Å². The largest absolute Gasteiger partial charge is 0.547 e. The SMILES string of the molecule is Nc1nc(C(NC(O)N2CCN(CCO)C(=O)C2=O)C(=O)N[C@H]2Cc3cccc(C(=O)O)c3OB2O)cs1. The molecule has 8 N–H and O–H groups in total. The van der Waals surface area contributed by atoms with E-state index < -0.39 is 49.1 Å². The third-order valence-electron chi connectivity index (χ3n) is 6.10. The quantitative estimate of drug-likeness (QED) is 0.0953. The number of carbonyl (C=O) groups excluding carboxylic acids is 3. The highest BCUT2D eigenvalue weighted by Gasteiger charge is 2.41. The number of hydrogen-bond acceptors (Lipinski definition) is 12. The van der Waals surface area contributed by atoms with Crippen molar-refractivity contribution in [2.24, 2.45) is 0 Å².